The Balaban J connectivity index is 2.13. The summed E-state index contributed by atoms with van der Waals surface area (Å²) < 4.78 is 0. The van der Waals surface area contributed by atoms with Crippen LogP contribution in [0, 0.1) is 13.8 Å². The maximum absolute atomic E-state index is 4.73. The van der Waals surface area contributed by atoms with Crippen LogP contribution < -0.4 is 5.32 Å². The molecule has 0 saturated carbocycles. The number of aryl methyl sites for hydroxylation is 2. The minimum atomic E-state index is 0.451. The van der Waals surface area contributed by atoms with Gasteiger partial charge in [-0.3, -0.25) is 0 Å². The maximum Gasteiger partial charge on any atom is 0.134 e. The minimum absolute atomic E-state index is 0.451. The van der Waals surface area contributed by atoms with Gasteiger partial charge in [-0.1, -0.05) is 19.9 Å². The monoisotopic (exact) mass is 303 g/mol. The zero-order chi connectivity index (χ0) is 15.2. The standard InChI is InChI=1S/C17H25N3S/c1-5-8-18-11-12(2)17-13(3)19-16(20-14(17)4)10-15-7-6-9-21-15/h6-7,9,12,18H,5,8,10-11H2,1-4H3. The van der Waals surface area contributed by atoms with E-state index in [1.165, 1.54) is 16.9 Å². The van der Waals surface area contributed by atoms with Crippen LogP contribution in [0.25, 0.3) is 0 Å². The molecule has 0 saturated heterocycles. The molecule has 0 spiro atoms. The summed E-state index contributed by atoms with van der Waals surface area (Å²) >= 11 is 1.76. The van der Waals surface area contributed by atoms with Gasteiger partial charge in [0.1, 0.15) is 5.82 Å². The van der Waals surface area contributed by atoms with Gasteiger partial charge in [0, 0.05) is 29.2 Å². The predicted octanol–water partition coefficient (Wildman–Crippen LogP) is 3.85. The summed E-state index contributed by atoms with van der Waals surface area (Å²) in [6, 6.07) is 4.22. The van der Waals surface area contributed by atoms with Crippen molar-refractivity contribution in [1.82, 2.24) is 15.3 Å². The number of aromatic nitrogens is 2. The summed E-state index contributed by atoms with van der Waals surface area (Å²) in [6.45, 7) is 10.7. The lowest BCUT2D eigenvalue weighted by atomic mass is 9.98. The summed E-state index contributed by atoms with van der Waals surface area (Å²) in [5.74, 6) is 1.39. The molecule has 1 unspecified atom stereocenters. The van der Waals surface area contributed by atoms with Crippen molar-refractivity contribution < 1.29 is 0 Å². The van der Waals surface area contributed by atoms with E-state index in [1.54, 1.807) is 11.3 Å². The molecule has 0 radical (unpaired) electrons. The SMILES string of the molecule is CCCNCC(C)c1c(C)nc(Cc2cccs2)nc1C. The number of hydrogen-bond donors (Lipinski definition) is 1. The van der Waals surface area contributed by atoms with Gasteiger partial charge in [-0.15, -0.1) is 11.3 Å². The van der Waals surface area contributed by atoms with Crippen molar-refractivity contribution >= 4 is 11.3 Å². The molecule has 0 bridgehead atoms. The Hall–Kier alpha value is -1.26. The van der Waals surface area contributed by atoms with E-state index in [9.17, 15) is 0 Å². The third-order valence-corrected chi connectivity index (χ3v) is 4.53. The Morgan fingerprint density at radius 1 is 1.24 bits per heavy atom. The van der Waals surface area contributed by atoms with Gasteiger partial charge >= 0.3 is 0 Å². The maximum atomic E-state index is 4.73. The molecule has 3 nitrogen and oxygen atoms in total. The van der Waals surface area contributed by atoms with Crippen molar-refractivity contribution in [3.05, 3.63) is 45.2 Å². The van der Waals surface area contributed by atoms with Crippen molar-refractivity contribution in [1.29, 1.82) is 0 Å². The highest BCUT2D eigenvalue weighted by Gasteiger charge is 2.15. The van der Waals surface area contributed by atoms with Crippen LogP contribution in [0.4, 0.5) is 0 Å². The van der Waals surface area contributed by atoms with Crippen molar-refractivity contribution in [2.45, 2.75) is 46.5 Å². The van der Waals surface area contributed by atoms with E-state index in [4.69, 9.17) is 9.97 Å². The summed E-state index contributed by atoms with van der Waals surface area (Å²) in [4.78, 5) is 10.8. The highest BCUT2D eigenvalue weighted by molar-refractivity contribution is 7.09. The molecule has 2 aromatic heterocycles. The topological polar surface area (TPSA) is 37.8 Å². The number of hydrogen-bond acceptors (Lipinski definition) is 4. The second-order valence-electron chi connectivity index (χ2n) is 5.59. The Kier molecular flexibility index (Phi) is 5.88. The van der Waals surface area contributed by atoms with Gasteiger partial charge in [-0.2, -0.15) is 0 Å². The van der Waals surface area contributed by atoms with E-state index in [0.29, 0.717) is 5.92 Å². The van der Waals surface area contributed by atoms with Gasteiger partial charge in [0.05, 0.1) is 0 Å². The van der Waals surface area contributed by atoms with Gasteiger partial charge in [0.2, 0.25) is 0 Å². The van der Waals surface area contributed by atoms with Crippen molar-refractivity contribution in [2.24, 2.45) is 0 Å². The lowest BCUT2D eigenvalue weighted by Gasteiger charge is -2.17. The molecular formula is C17H25N3S. The lowest BCUT2D eigenvalue weighted by Crippen LogP contribution is -2.22. The van der Waals surface area contributed by atoms with E-state index >= 15 is 0 Å². The Morgan fingerprint density at radius 3 is 2.52 bits per heavy atom. The molecule has 0 aromatic carbocycles. The van der Waals surface area contributed by atoms with Crippen LogP contribution in [0.5, 0.6) is 0 Å². The minimum Gasteiger partial charge on any atom is -0.316 e. The second-order valence-corrected chi connectivity index (χ2v) is 6.62. The van der Waals surface area contributed by atoms with E-state index in [2.05, 4.69) is 50.5 Å². The molecule has 1 atom stereocenters. The van der Waals surface area contributed by atoms with Crippen LogP contribution >= 0.6 is 11.3 Å². The van der Waals surface area contributed by atoms with Crippen LogP contribution in [0.15, 0.2) is 17.5 Å². The molecule has 2 aromatic rings. The van der Waals surface area contributed by atoms with Gasteiger partial charge in [-0.25, -0.2) is 9.97 Å². The van der Waals surface area contributed by atoms with Crippen molar-refractivity contribution in [2.75, 3.05) is 13.1 Å². The molecule has 1 N–H and O–H groups in total. The molecule has 114 valence electrons. The molecule has 21 heavy (non-hydrogen) atoms. The van der Waals surface area contributed by atoms with E-state index < -0.39 is 0 Å². The molecule has 2 rings (SSSR count). The third kappa shape index (κ3) is 4.35. The molecule has 0 fully saturated rings. The lowest BCUT2D eigenvalue weighted by molar-refractivity contribution is 0.600. The predicted molar refractivity (Wildman–Crippen MR) is 90.2 cm³/mol. The van der Waals surface area contributed by atoms with E-state index in [-0.39, 0.29) is 0 Å². The second kappa shape index (κ2) is 7.66. The molecule has 0 amide bonds. The molecule has 0 aliphatic heterocycles. The van der Waals surface area contributed by atoms with E-state index in [0.717, 1.165) is 36.7 Å². The normalized spacial score (nSPS) is 12.6. The third-order valence-electron chi connectivity index (χ3n) is 3.66. The summed E-state index contributed by atoms with van der Waals surface area (Å²) in [5.41, 5.74) is 3.55. The number of nitrogens with one attached hydrogen (secondary N) is 1. The van der Waals surface area contributed by atoms with Gasteiger partial charge in [-0.05, 0) is 49.7 Å². The molecule has 2 heterocycles. The van der Waals surface area contributed by atoms with Crippen LogP contribution in [0.1, 0.15) is 53.8 Å². The Bertz CT molecular complexity index is 540. The van der Waals surface area contributed by atoms with Crippen LogP contribution in [-0.4, -0.2) is 23.1 Å². The Morgan fingerprint density at radius 2 is 1.95 bits per heavy atom. The fourth-order valence-electron chi connectivity index (χ4n) is 2.75. The summed E-state index contributed by atoms with van der Waals surface area (Å²) in [7, 11) is 0. The van der Waals surface area contributed by atoms with Crippen molar-refractivity contribution in [3.63, 3.8) is 0 Å². The highest BCUT2D eigenvalue weighted by atomic mass is 32.1. The smallest absolute Gasteiger partial charge is 0.134 e. The van der Waals surface area contributed by atoms with Gasteiger partial charge in [0.15, 0.2) is 0 Å². The number of rotatable bonds is 7. The molecule has 4 heteroatoms. The highest BCUT2D eigenvalue weighted by Crippen LogP contribution is 2.22. The summed E-state index contributed by atoms with van der Waals surface area (Å²) in [5, 5.41) is 5.59. The zero-order valence-electron chi connectivity index (χ0n) is 13.4. The van der Waals surface area contributed by atoms with Gasteiger partial charge in [0.25, 0.3) is 0 Å². The zero-order valence-corrected chi connectivity index (χ0v) is 14.3. The van der Waals surface area contributed by atoms with Gasteiger partial charge < -0.3 is 5.32 Å². The summed E-state index contributed by atoms with van der Waals surface area (Å²) in [6.07, 6.45) is 2.00. The average molecular weight is 303 g/mol. The average Bonchev–Trinajstić information content (AvgIpc) is 2.91. The first-order valence-electron chi connectivity index (χ1n) is 7.69. The fourth-order valence-corrected chi connectivity index (χ4v) is 3.45. The first-order chi connectivity index (χ1) is 10.1. The molecule has 0 aliphatic carbocycles. The molecular weight excluding hydrogens is 278 g/mol. The van der Waals surface area contributed by atoms with Crippen LogP contribution in [0.3, 0.4) is 0 Å². The van der Waals surface area contributed by atoms with Crippen LogP contribution in [0.2, 0.25) is 0 Å². The van der Waals surface area contributed by atoms with Crippen molar-refractivity contribution in [3.8, 4) is 0 Å². The largest absolute Gasteiger partial charge is 0.316 e. The van der Waals surface area contributed by atoms with E-state index in [1.807, 2.05) is 0 Å². The fraction of sp³-hybridized carbons (Fsp3) is 0.529. The molecule has 0 aliphatic rings. The Labute approximate surface area is 131 Å². The first-order valence-corrected chi connectivity index (χ1v) is 8.56. The number of thiophene rings is 1. The quantitative estimate of drug-likeness (QED) is 0.790. The first kappa shape index (κ1) is 16.1. The number of nitrogens with zero attached hydrogens (tertiary/aromatic N) is 2. The van der Waals surface area contributed by atoms with Crippen LogP contribution in [-0.2, 0) is 6.42 Å².